The summed E-state index contributed by atoms with van der Waals surface area (Å²) in [5.74, 6) is -0.232. The van der Waals surface area contributed by atoms with Crippen molar-refractivity contribution in [2.75, 3.05) is 0 Å². The zero-order chi connectivity index (χ0) is 21.1. The summed E-state index contributed by atoms with van der Waals surface area (Å²) in [7, 11) is 0. The third kappa shape index (κ3) is 3.85. The van der Waals surface area contributed by atoms with Crippen molar-refractivity contribution in [3.8, 4) is 0 Å². The second kappa shape index (κ2) is 8.29. The molecule has 1 aliphatic rings. The van der Waals surface area contributed by atoms with Gasteiger partial charge in [0.2, 0.25) is 0 Å². The predicted molar refractivity (Wildman–Crippen MR) is 116 cm³/mol. The highest BCUT2D eigenvalue weighted by Crippen LogP contribution is 2.31. The summed E-state index contributed by atoms with van der Waals surface area (Å²) in [5, 5.41) is 24.3. The zero-order valence-corrected chi connectivity index (χ0v) is 16.2. The minimum absolute atomic E-state index is 0.0478. The van der Waals surface area contributed by atoms with Gasteiger partial charge < -0.3 is 5.11 Å². The molecule has 1 saturated carbocycles. The molecule has 1 aliphatic carbocycles. The first-order chi connectivity index (χ1) is 14.5. The summed E-state index contributed by atoms with van der Waals surface area (Å²) in [6.45, 7) is 0. The molecule has 0 heterocycles. The van der Waals surface area contributed by atoms with Crippen molar-refractivity contribution in [1.82, 2.24) is 0 Å². The fourth-order valence-electron chi connectivity index (χ4n) is 3.84. The highest BCUT2D eigenvalue weighted by molar-refractivity contribution is 6.24. The van der Waals surface area contributed by atoms with E-state index in [1.165, 1.54) is 6.07 Å². The topological polar surface area (TPSA) is 92.8 Å². The molecular weight excluding hydrogens is 380 g/mol. The van der Waals surface area contributed by atoms with E-state index in [-0.39, 0.29) is 34.9 Å². The molecule has 6 nitrogen and oxygen atoms in total. The van der Waals surface area contributed by atoms with Crippen LogP contribution in [-0.4, -0.2) is 21.5 Å². The third-order valence-corrected chi connectivity index (χ3v) is 5.25. The van der Waals surface area contributed by atoms with Crippen molar-refractivity contribution in [2.24, 2.45) is 4.99 Å². The Labute approximate surface area is 173 Å². The van der Waals surface area contributed by atoms with Gasteiger partial charge in [-0.05, 0) is 35.2 Å². The number of nitro groups is 1. The number of aliphatic hydroxyl groups is 1. The molecule has 0 radical (unpaired) electrons. The van der Waals surface area contributed by atoms with Gasteiger partial charge in [-0.25, -0.2) is 4.99 Å². The number of fused-ring (bicyclic) bond motifs is 1. The molecule has 0 spiro atoms. The predicted octanol–water partition coefficient (Wildman–Crippen LogP) is 5.63. The Morgan fingerprint density at radius 3 is 2.57 bits per heavy atom. The van der Waals surface area contributed by atoms with Gasteiger partial charge in [0.05, 0.1) is 16.2 Å². The number of aliphatic imine (C=N–C) groups is 1. The molecule has 0 amide bonds. The van der Waals surface area contributed by atoms with Crippen LogP contribution in [0.4, 0.5) is 11.4 Å². The van der Waals surface area contributed by atoms with Crippen LogP contribution in [0.2, 0.25) is 0 Å². The van der Waals surface area contributed by atoms with Crippen molar-refractivity contribution < 1.29 is 14.8 Å². The van der Waals surface area contributed by atoms with Crippen LogP contribution in [0, 0.1) is 10.1 Å². The maximum absolute atomic E-state index is 12.7. The van der Waals surface area contributed by atoms with E-state index >= 15 is 0 Å². The Morgan fingerprint density at radius 1 is 1.00 bits per heavy atom. The summed E-state index contributed by atoms with van der Waals surface area (Å²) < 4.78 is 0. The van der Waals surface area contributed by atoms with Gasteiger partial charge in [0.25, 0.3) is 5.69 Å². The molecule has 4 rings (SSSR count). The van der Waals surface area contributed by atoms with Gasteiger partial charge >= 0.3 is 0 Å². The van der Waals surface area contributed by atoms with Gasteiger partial charge in [-0.3, -0.25) is 14.9 Å². The Hall–Kier alpha value is -3.80. The number of para-hydroxylation sites is 2. The molecule has 1 N–H and O–H groups in total. The van der Waals surface area contributed by atoms with Crippen LogP contribution in [0.1, 0.15) is 24.8 Å². The number of benzene rings is 3. The number of carbonyl (C=O) groups excluding carboxylic acids is 1. The van der Waals surface area contributed by atoms with Crippen molar-refractivity contribution in [3.05, 3.63) is 93.7 Å². The van der Waals surface area contributed by atoms with E-state index in [9.17, 15) is 20.0 Å². The van der Waals surface area contributed by atoms with Crippen molar-refractivity contribution in [3.63, 3.8) is 0 Å². The van der Waals surface area contributed by atoms with Crippen molar-refractivity contribution in [2.45, 2.75) is 25.7 Å². The molecule has 3 aromatic rings. The highest BCUT2D eigenvalue weighted by atomic mass is 16.6. The molecule has 6 heteroatoms. The second-order valence-electron chi connectivity index (χ2n) is 7.22. The number of nitrogens with zero attached hydrogens (tertiary/aromatic N) is 2. The van der Waals surface area contributed by atoms with E-state index in [2.05, 4.69) is 4.99 Å². The largest absolute Gasteiger partial charge is 0.511 e. The van der Waals surface area contributed by atoms with Crippen LogP contribution < -0.4 is 0 Å². The van der Waals surface area contributed by atoms with E-state index < -0.39 is 4.92 Å². The molecule has 1 fully saturated rings. The van der Waals surface area contributed by atoms with Gasteiger partial charge in [-0.1, -0.05) is 54.6 Å². The monoisotopic (exact) mass is 400 g/mol. The number of allylic oxidation sites excluding steroid dienone is 2. The molecule has 0 atom stereocenters. The lowest BCUT2D eigenvalue weighted by molar-refractivity contribution is -0.384. The maximum atomic E-state index is 12.7. The summed E-state index contributed by atoms with van der Waals surface area (Å²) in [6.07, 6.45) is 1.60. The first-order valence-corrected chi connectivity index (χ1v) is 9.78. The molecule has 0 saturated heterocycles. The molecule has 3 aromatic carbocycles. The van der Waals surface area contributed by atoms with Gasteiger partial charge in [-0.15, -0.1) is 0 Å². The minimum atomic E-state index is -0.497. The second-order valence-corrected chi connectivity index (χ2v) is 7.22. The lowest BCUT2D eigenvalue weighted by Gasteiger charge is -2.18. The molecule has 0 aromatic heterocycles. The molecule has 30 heavy (non-hydrogen) atoms. The van der Waals surface area contributed by atoms with Gasteiger partial charge in [0.15, 0.2) is 5.78 Å². The fraction of sp³-hybridized carbons (Fsp3) is 0.167. The Balaban J connectivity index is 1.78. The first kappa shape index (κ1) is 19.5. The van der Waals surface area contributed by atoms with E-state index in [1.54, 1.807) is 18.2 Å². The van der Waals surface area contributed by atoms with E-state index in [4.69, 9.17) is 0 Å². The van der Waals surface area contributed by atoms with Crippen LogP contribution in [0.25, 0.3) is 10.8 Å². The standard InChI is InChI=1S/C24H20N2O4/c27-22-14-6-12-20(25-19-11-3-4-13-21(19)26(29)30)24(22)23(28)15-17-9-5-8-16-7-1-2-10-18(16)17/h1-5,7-11,13,28H,6,12,14-15H2/b24-23+,25-20?. The zero-order valence-electron chi connectivity index (χ0n) is 16.2. The van der Waals surface area contributed by atoms with Crippen LogP contribution in [0.15, 0.2) is 83.1 Å². The van der Waals surface area contributed by atoms with Gasteiger partial charge in [-0.2, -0.15) is 0 Å². The SMILES string of the molecule is O=C1CCCC(=Nc2ccccc2[N+](=O)[O-])/C1=C(\O)Cc1cccc2ccccc12. The number of ketones is 1. The van der Waals surface area contributed by atoms with Gasteiger partial charge in [0, 0.05) is 18.9 Å². The summed E-state index contributed by atoms with van der Waals surface area (Å²) in [6, 6.07) is 19.9. The number of rotatable bonds is 4. The Kier molecular flexibility index (Phi) is 5.39. The molecular formula is C24H20N2O4. The molecule has 0 bridgehead atoms. The smallest absolute Gasteiger partial charge is 0.294 e. The Morgan fingerprint density at radius 2 is 1.73 bits per heavy atom. The van der Waals surface area contributed by atoms with E-state index in [0.29, 0.717) is 25.0 Å². The maximum Gasteiger partial charge on any atom is 0.294 e. The van der Waals surface area contributed by atoms with E-state index in [1.807, 2.05) is 42.5 Å². The number of carbonyl (C=O) groups is 1. The van der Waals surface area contributed by atoms with Crippen LogP contribution in [0.5, 0.6) is 0 Å². The number of Topliss-reactive ketones (excluding diaryl/α,β-unsaturated/α-hetero) is 1. The summed E-state index contributed by atoms with van der Waals surface area (Å²) in [5.41, 5.74) is 1.55. The van der Waals surface area contributed by atoms with E-state index in [0.717, 1.165) is 16.3 Å². The first-order valence-electron chi connectivity index (χ1n) is 9.78. The quantitative estimate of drug-likeness (QED) is 0.266. The highest BCUT2D eigenvalue weighted by Gasteiger charge is 2.26. The average molecular weight is 400 g/mol. The van der Waals surface area contributed by atoms with Gasteiger partial charge in [0.1, 0.15) is 11.4 Å². The molecule has 150 valence electrons. The molecule has 0 aliphatic heterocycles. The van der Waals surface area contributed by atoms with Crippen molar-refractivity contribution >= 4 is 33.6 Å². The van der Waals surface area contributed by atoms with Crippen LogP contribution in [-0.2, 0) is 11.2 Å². The van der Waals surface area contributed by atoms with Crippen LogP contribution >= 0.6 is 0 Å². The third-order valence-electron chi connectivity index (χ3n) is 5.25. The normalized spacial score (nSPS) is 17.3. The number of hydrogen-bond donors (Lipinski definition) is 1. The minimum Gasteiger partial charge on any atom is -0.511 e. The Bertz CT molecular complexity index is 1210. The van der Waals surface area contributed by atoms with Crippen LogP contribution in [0.3, 0.4) is 0 Å². The van der Waals surface area contributed by atoms with Crippen molar-refractivity contribution in [1.29, 1.82) is 0 Å². The fourth-order valence-corrected chi connectivity index (χ4v) is 3.84. The average Bonchev–Trinajstić information content (AvgIpc) is 2.74. The number of aliphatic hydroxyl groups excluding tert-OH is 1. The number of hydrogen-bond acceptors (Lipinski definition) is 5. The lowest BCUT2D eigenvalue weighted by atomic mass is 9.88. The summed E-state index contributed by atoms with van der Waals surface area (Å²) in [4.78, 5) is 27.9. The summed E-state index contributed by atoms with van der Waals surface area (Å²) >= 11 is 0. The molecule has 0 unspecified atom stereocenters. The lowest BCUT2D eigenvalue weighted by Crippen LogP contribution is -2.21. The number of nitro benzene ring substituents is 1.